The second kappa shape index (κ2) is 6.37. The van der Waals surface area contributed by atoms with Crippen molar-refractivity contribution in [3.05, 3.63) is 54.5 Å². The fraction of sp³-hybridized carbons (Fsp3) is 0.381. The lowest BCUT2D eigenvalue weighted by Gasteiger charge is -2.38. The topological polar surface area (TPSA) is 56.0 Å². The van der Waals surface area contributed by atoms with Gasteiger partial charge < -0.3 is 14.0 Å². The molecule has 1 saturated heterocycles. The Morgan fingerprint density at radius 1 is 1.33 bits per heavy atom. The van der Waals surface area contributed by atoms with Gasteiger partial charge in [-0.1, -0.05) is 19.1 Å². The van der Waals surface area contributed by atoms with Crippen LogP contribution in [0.25, 0.3) is 17.0 Å². The first-order chi connectivity index (χ1) is 13.2. The van der Waals surface area contributed by atoms with Crippen LogP contribution >= 0.6 is 0 Å². The van der Waals surface area contributed by atoms with E-state index in [2.05, 4.69) is 45.9 Å². The van der Waals surface area contributed by atoms with E-state index in [9.17, 15) is 4.79 Å². The summed E-state index contributed by atoms with van der Waals surface area (Å²) in [5, 5.41) is 1.18. The normalized spacial score (nSPS) is 21.7. The molecule has 27 heavy (non-hydrogen) atoms. The number of likely N-dealkylation sites (tertiary alicyclic amines) is 1. The average molecular weight is 361 g/mol. The SMILES string of the molecule is C[C@@H]1CCN(C(=O)Cn2ccnc2)C[C@@H]1n1ccc2cnc3c(c21)C=CC3. The van der Waals surface area contributed by atoms with Crippen molar-refractivity contribution >= 4 is 22.9 Å². The number of hydrogen-bond acceptors (Lipinski definition) is 3. The van der Waals surface area contributed by atoms with Crippen LogP contribution in [0.1, 0.15) is 30.6 Å². The highest BCUT2D eigenvalue weighted by Gasteiger charge is 2.31. The van der Waals surface area contributed by atoms with Crippen molar-refractivity contribution in [1.82, 2.24) is 24.0 Å². The molecule has 1 aliphatic heterocycles. The van der Waals surface area contributed by atoms with Gasteiger partial charge in [0.05, 0.1) is 23.6 Å². The number of piperidine rings is 1. The largest absolute Gasteiger partial charge is 0.342 e. The molecule has 3 aromatic rings. The van der Waals surface area contributed by atoms with Crippen molar-refractivity contribution in [2.45, 2.75) is 32.4 Å². The Bertz CT molecular complexity index is 1020. The molecule has 1 aliphatic carbocycles. The molecular formula is C21H23N5O. The monoisotopic (exact) mass is 361 g/mol. The van der Waals surface area contributed by atoms with E-state index in [1.165, 1.54) is 16.5 Å². The fourth-order valence-electron chi connectivity index (χ4n) is 4.39. The molecule has 0 N–H and O–H groups in total. The van der Waals surface area contributed by atoms with Crippen molar-refractivity contribution < 1.29 is 4.79 Å². The first kappa shape index (κ1) is 16.3. The summed E-state index contributed by atoms with van der Waals surface area (Å²) in [6, 6.07) is 2.43. The number of rotatable bonds is 3. The van der Waals surface area contributed by atoms with Gasteiger partial charge in [0, 0.05) is 55.2 Å². The summed E-state index contributed by atoms with van der Waals surface area (Å²) < 4.78 is 4.22. The minimum atomic E-state index is 0.160. The minimum absolute atomic E-state index is 0.160. The third kappa shape index (κ3) is 2.76. The zero-order valence-corrected chi connectivity index (χ0v) is 15.5. The summed E-state index contributed by atoms with van der Waals surface area (Å²) in [5.74, 6) is 0.681. The number of hydrogen-bond donors (Lipinski definition) is 0. The minimum Gasteiger partial charge on any atom is -0.342 e. The number of carbonyl (C=O) groups is 1. The molecule has 0 aromatic carbocycles. The van der Waals surface area contributed by atoms with E-state index in [-0.39, 0.29) is 11.9 Å². The Balaban J connectivity index is 1.46. The quantitative estimate of drug-likeness (QED) is 0.721. The molecule has 1 amide bonds. The van der Waals surface area contributed by atoms with E-state index in [4.69, 9.17) is 0 Å². The summed E-state index contributed by atoms with van der Waals surface area (Å²) in [4.78, 5) is 23.4. The van der Waals surface area contributed by atoms with E-state index in [1.54, 1.807) is 12.5 Å². The maximum absolute atomic E-state index is 12.8. The summed E-state index contributed by atoms with van der Waals surface area (Å²) in [6.07, 6.45) is 15.7. The fourth-order valence-corrected chi connectivity index (χ4v) is 4.39. The van der Waals surface area contributed by atoms with E-state index in [0.717, 1.165) is 31.6 Å². The Hall–Kier alpha value is -2.89. The van der Waals surface area contributed by atoms with Gasteiger partial charge in [-0.25, -0.2) is 4.98 Å². The van der Waals surface area contributed by atoms with Crippen LogP contribution in [0.4, 0.5) is 0 Å². The molecule has 138 valence electrons. The lowest BCUT2D eigenvalue weighted by Crippen LogP contribution is -2.45. The lowest BCUT2D eigenvalue weighted by atomic mass is 9.92. The van der Waals surface area contributed by atoms with Crippen molar-refractivity contribution in [2.75, 3.05) is 13.1 Å². The Labute approximate surface area is 158 Å². The van der Waals surface area contributed by atoms with Crippen LogP contribution in [0, 0.1) is 5.92 Å². The van der Waals surface area contributed by atoms with Gasteiger partial charge >= 0.3 is 0 Å². The molecule has 0 saturated carbocycles. The Morgan fingerprint density at radius 3 is 3.11 bits per heavy atom. The molecule has 0 spiro atoms. The third-order valence-corrected chi connectivity index (χ3v) is 5.97. The molecule has 1 fully saturated rings. The van der Waals surface area contributed by atoms with E-state index in [1.807, 2.05) is 21.9 Å². The molecule has 3 aromatic heterocycles. The molecule has 5 rings (SSSR count). The molecule has 0 radical (unpaired) electrons. The van der Waals surface area contributed by atoms with Gasteiger partial charge in [-0.15, -0.1) is 0 Å². The number of pyridine rings is 1. The van der Waals surface area contributed by atoms with Crippen LogP contribution in [0.2, 0.25) is 0 Å². The number of allylic oxidation sites excluding steroid dienone is 1. The summed E-state index contributed by atoms with van der Waals surface area (Å²) in [5.41, 5.74) is 3.65. The summed E-state index contributed by atoms with van der Waals surface area (Å²) >= 11 is 0. The molecular weight excluding hydrogens is 338 g/mol. The Morgan fingerprint density at radius 2 is 2.26 bits per heavy atom. The van der Waals surface area contributed by atoms with E-state index >= 15 is 0 Å². The second-order valence-electron chi connectivity index (χ2n) is 7.66. The predicted molar refractivity (Wildman–Crippen MR) is 104 cm³/mol. The molecule has 6 heteroatoms. The zero-order valence-electron chi connectivity index (χ0n) is 15.5. The molecule has 4 heterocycles. The number of amides is 1. The number of fused-ring (bicyclic) bond motifs is 3. The van der Waals surface area contributed by atoms with Crippen molar-refractivity contribution in [1.29, 1.82) is 0 Å². The van der Waals surface area contributed by atoms with Gasteiger partial charge in [-0.2, -0.15) is 0 Å². The summed E-state index contributed by atoms with van der Waals surface area (Å²) in [6.45, 7) is 4.23. The number of aromatic nitrogens is 4. The van der Waals surface area contributed by atoms with Gasteiger partial charge in [0.15, 0.2) is 0 Å². The second-order valence-corrected chi connectivity index (χ2v) is 7.66. The number of imidazole rings is 1. The van der Waals surface area contributed by atoms with Crippen molar-refractivity contribution in [3.63, 3.8) is 0 Å². The van der Waals surface area contributed by atoms with Crippen LogP contribution in [-0.4, -0.2) is 43.0 Å². The molecule has 6 nitrogen and oxygen atoms in total. The smallest absolute Gasteiger partial charge is 0.242 e. The van der Waals surface area contributed by atoms with Crippen LogP contribution in [0.15, 0.2) is 43.3 Å². The molecule has 0 bridgehead atoms. The first-order valence-electron chi connectivity index (χ1n) is 9.59. The Kier molecular flexibility index (Phi) is 3.85. The van der Waals surface area contributed by atoms with Gasteiger partial charge in [0.2, 0.25) is 5.91 Å². The standard InChI is InChI=1S/C21H23N5O/c1-15-5-8-25(20(27)13-24-10-7-22-14-24)12-19(15)26-9-6-16-11-23-18-4-2-3-17(18)21(16)26/h2-3,6-7,9-11,14-15,19H,4-5,8,12-13H2,1H3/t15-,19+/m1/s1. The average Bonchev–Trinajstić information content (AvgIpc) is 3.41. The number of nitrogens with zero attached hydrogens (tertiary/aromatic N) is 5. The highest BCUT2D eigenvalue weighted by Crippen LogP contribution is 2.34. The molecule has 0 unspecified atom stereocenters. The van der Waals surface area contributed by atoms with E-state index in [0.29, 0.717) is 12.5 Å². The van der Waals surface area contributed by atoms with E-state index < -0.39 is 0 Å². The predicted octanol–water partition coefficient (Wildman–Crippen LogP) is 2.91. The highest BCUT2D eigenvalue weighted by molar-refractivity contribution is 5.90. The van der Waals surface area contributed by atoms with Crippen LogP contribution in [0.3, 0.4) is 0 Å². The first-order valence-corrected chi connectivity index (χ1v) is 9.59. The van der Waals surface area contributed by atoms with Crippen molar-refractivity contribution in [3.8, 4) is 0 Å². The lowest BCUT2D eigenvalue weighted by molar-refractivity contribution is -0.134. The van der Waals surface area contributed by atoms with Gasteiger partial charge in [-0.05, 0) is 18.4 Å². The third-order valence-electron chi connectivity index (χ3n) is 5.97. The van der Waals surface area contributed by atoms with Gasteiger partial charge in [0.25, 0.3) is 0 Å². The van der Waals surface area contributed by atoms with Crippen molar-refractivity contribution in [2.24, 2.45) is 5.92 Å². The zero-order chi connectivity index (χ0) is 18.4. The van der Waals surface area contributed by atoms with Gasteiger partial charge in [-0.3, -0.25) is 9.78 Å². The maximum Gasteiger partial charge on any atom is 0.242 e. The maximum atomic E-state index is 12.8. The highest BCUT2D eigenvalue weighted by atomic mass is 16.2. The number of carbonyl (C=O) groups excluding carboxylic acids is 1. The van der Waals surface area contributed by atoms with Gasteiger partial charge in [0.1, 0.15) is 6.54 Å². The van der Waals surface area contributed by atoms with Crippen LogP contribution in [-0.2, 0) is 17.8 Å². The van der Waals surface area contributed by atoms with Crippen LogP contribution < -0.4 is 0 Å². The molecule has 2 atom stereocenters. The van der Waals surface area contributed by atoms with Crippen LogP contribution in [0.5, 0.6) is 0 Å². The molecule has 2 aliphatic rings. The summed E-state index contributed by atoms with van der Waals surface area (Å²) in [7, 11) is 0.